The predicted octanol–water partition coefficient (Wildman–Crippen LogP) is 4.68. The smallest absolute Gasteiger partial charge is 0.0183 e. The minimum atomic E-state index is 0.554. The minimum Gasteiger partial charge on any atom is -0.116 e. The van der Waals surface area contributed by atoms with Crippen molar-refractivity contribution in [1.29, 1.82) is 0 Å². The lowest BCUT2D eigenvalue weighted by Gasteiger charge is -2.34. The molecule has 1 heteroatoms. The van der Waals surface area contributed by atoms with Crippen LogP contribution < -0.4 is 0 Å². The van der Waals surface area contributed by atoms with E-state index < -0.39 is 0 Å². The van der Waals surface area contributed by atoms with Crippen molar-refractivity contribution in [3.8, 4) is 0 Å². The quantitative estimate of drug-likeness (QED) is 0.549. The van der Waals surface area contributed by atoms with Gasteiger partial charge in [0.25, 0.3) is 0 Å². The van der Waals surface area contributed by atoms with Crippen LogP contribution in [-0.4, -0.2) is 11.3 Å². The summed E-state index contributed by atoms with van der Waals surface area (Å²) in [5.41, 5.74) is 2.38. The highest BCUT2D eigenvalue weighted by molar-refractivity contribution is 7.39. The van der Waals surface area contributed by atoms with Gasteiger partial charge < -0.3 is 0 Å². The van der Waals surface area contributed by atoms with Crippen LogP contribution in [0.1, 0.15) is 60.8 Å². The zero-order valence-corrected chi connectivity index (χ0v) is 11.3. The lowest BCUT2D eigenvalue weighted by molar-refractivity contribution is 0.321. The van der Waals surface area contributed by atoms with Gasteiger partial charge in [0.05, 0.1) is 0 Å². The van der Waals surface area contributed by atoms with Gasteiger partial charge in [-0.1, -0.05) is 54.4 Å². The standard InChI is InChI=1S/C12H27P/c1-7-9-11(13-10(3)4)12(5,6)8-2/h10-11,13H,7-9H2,1-6H3. The molecule has 0 aliphatic carbocycles. The van der Waals surface area contributed by atoms with Crippen molar-refractivity contribution in [2.24, 2.45) is 5.41 Å². The van der Waals surface area contributed by atoms with Crippen molar-refractivity contribution in [2.45, 2.75) is 72.1 Å². The second-order valence-corrected chi connectivity index (χ2v) is 7.19. The van der Waals surface area contributed by atoms with Gasteiger partial charge in [-0.25, -0.2) is 0 Å². The lowest BCUT2D eigenvalue weighted by atomic mass is 9.84. The Morgan fingerprint density at radius 1 is 1.15 bits per heavy atom. The van der Waals surface area contributed by atoms with Gasteiger partial charge in [-0.15, -0.1) is 8.58 Å². The summed E-state index contributed by atoms with van der Waals surface area (Å²) in [6, 6.07) is 0. The van der Waals surface area contributed by atoms with Gasteiger partial charge in [-0.3, -0.25) is 0 Å². The van der Waals surface area contributed by atoms with Crippen molar-refractivity contribution >= 4 is 8.58 Å². The van der Waals surface area contributed by atoms with Gasteiger partial charge in [0, 0.05) is 0 Å². The Morgan fingerprint density at radius 2 is 1.69 bits per heavy atom. The third-order valence-electron chi connectivity index (χ3n) is 2.97. The monoisotopic (exact) mass is 202 g/mol. The van der Waals surface area contributed by atoms with Crippen LogP contribution in [0.2, 0.25) is 0 Å². The molecule has 0 radical (unpaired) electrons. The second kappa shape index (κ2) is 6.02. The van der Waals surface area contributed by atoms with Crippen LogP contribution in [0.3, 0.4) is 0 Å². The average molecular weight is 202 g/mol. The van der Waals surface area contributed by atoms with E-state index in [1.165, 1.54) is 19.3 Å². The molecule has 0 bridgehead atoms. The van der Waals surface area contributed by atoms with E-state index in [4.69, 9.17) is 0 Å². The maximum atomic E-state index is 2.43. The zero-order chi connectivity index (χ0) is 10.5. The van der Waals surface area contributed by atoms with Crippen molar-refractivity contribution < 1.29 is 0 Å². The maximum Gasteiger partial charge on any atom is -0.0183 e. The summed E-state index contributed by atoms with van der Waals surface area (Å²) in [6.45, 7) is 14.2. The first-order chi connectivity index (χ1) is 5.94. The first-order valence-electron chi connectivity index (χ1n) is 5.70. The highest BCUT2D eigenvalue weighted by Crippen LogP contribution is 2.42. The first-order valence-corrected chi connectivity index (χ1v) is 6.85. The van der Waals surface area contributed by atoms with E-state index >= 15 is 0 Å². The van der Waals surface area contributed by atoms with Gasteiger partial charge in [-0.05, 0) is 23.2 Å². The van der Waals surface area contributed by atoms with E-state index in [1.807, 2.05) is 0 Å². The molecule has 2 unspecified atom stereocenters. The minimum absolute atomic E-state index is 0.554. The highest BCUT2D eigenvalue weighted by atomic mass is 31.1. The third kappa shape index (κ3) is 5.01. The van der Waals surface area contributed by atoms with Crippen LogP contribution >= 0.6 is 8.58 Å². The van der Waals surface area contributed by atoms with E-state index in [1.54, 1.807) is 0 Å². The summed E-state index contributed by atoms with van der Waals surface area (Å²) in [4.78, 5) is 0. The zero-order valence-electron chi connectivity index (χ0n) is 10.3. The molecule has 13 heavy (non-hydrogen) atoms. The molecule has 0 nitrogen and oxygen atoms in total. The SMILES string of the molecule is CCCC(PC(C)C)C(C)(C)CC. The maximum absolute atomic E-state index is 2.43. The fraction of sp³-hybridized carbons (Fsp3) is 1.00. The summed E-state index contributed by atoms with van der Waals surface area (Å²) in [5.74, 6) is 0. The van der Waals surface area contributed by atoms with E-state index in [-0.39, 0.29) is 0 Å². The van der Waals surface area contributed by atoms with Gasteiger partial charge in [-0.2, -0.15) is 0 Å². The molecule has 0 aliphatic rings. The fourth-order valence-electron chi connectivity index (χ4n) is 1.64. The van der Waals surface area contributed by atoms with E-state index in [2.05, 4.69) is 41.5 Å². The summed E-state index contributed by atoms with van der Waals surface area (Å²) in [6.07, 6.45) is 4.07. The first kappa shape index (κ1) is 13.4. The third-order valence-corrected chi connectivity index (χ3v) is 5.11. The molecule has 0 amide bonds. The summed E-state index contributed by atoms with van der Waals surface area (Å²) in [5, 5.41) is 0. The molecule has 0 aromatic rings. The van der Waals surface area contributed by atoms with Gasteiger partial charge in [0.2, 0.25) is 0 Å². The van der Waals surface area contributed by atoms with Crippen LogP contribution in [0.15, 0.2) is 0 Å². The molecule has 0 saturated carbocycles. The summed E-state index contributed by atoms with van der Waals surface area (Å²) < 4.78 is 0. The average Bonchev–Trinajstić information content (AvgIpc) is 2.03. The Kier molecular flexibility index (Phi) is 6.21. The molecule has 0 aromatic heterocycles. The summed E-state index contributed by atoms with van der Waals surface area (Å²) in [7, 11) is 1.14. The molecule has 0 spiro atoms. The van der Waals surface area contributed by atoms with Crippen molar-refractivity contribution in [1.82, 2.24) is 0 Å². The Labute approximate surface area is 86.7 Å². The van der Waals surface area contributed by atoms with Gasteiger partial charge in [0.15, 0.2) is 0 Å². The highest BCUT2D eigenvalue weighted by Gasteiger charge is 2.27. The van der Waals surface area contributed by atoms with Crippen molar-refractivity contribution in [2.75, 3.05) is 0 Å². The van der Waals surface area contributed by atoms with Gasteiger partial charge in [0.1, 0.15) is 0 Å². The van der Waals surface area contributed by atoms with Crippen LogP contribution in [0.4, 0.5) is 0 Å². The molecule has 0 rings (SSSR count). The number of rotatable bonds is 6. The molecule has 0 aliphatic heterocycles. The summed E-state index contributed by atoms with van der Waals surface area (Å²) >= 11 is 0. The van der Waals surface area contributed by atoms with E-state index in [0.29, 0.717) is 5.41 Å². The molecule has 0 saturated heterocycles. The van der Waals surface area contributed by atoms with Crippen molar-refractivity contribution in [3.63, 3.8) is 0 Å². The molecule has 0 N–H and O–H groups in total. The molecule has 80 valence electrons. The Balaban J connectivity index is 4.22. The molecule has 0 fully saturated rings. The lowest BCUT2D eigenvalue weighted by Crippen LogP contribution is -2.25. The topological polar surface area (TPSA) is 0 Å². The van der Waals surface area contributed by atoms with Crippen molar-refractivity contribution in [3.05, 3.63) is 0 Å². The Bertz CT molecular complexity index is 127. The van der Waals surface area contributed by atoms with E-state index in [0.717, 1.165) is 19.9 Å². The van der Waals surface area contributed by atoms with E-state index in [9.17, 15) is 0 Å². The van der Waals surface area contributed by atoms with Gasteiger partial charge >= 0.3 is 0 Å². The largest absolute Gasteiger partial charge is 0.116 e. The molecular formula is C12H27P. The van der Waals surface area contributed by atoms with Crippen LogP contribution in [0.25, 0.3) is 0 Å². The molecule has 2 atom stereocenters. The Morgan fingerprint density at radius 3 is 2.00 bits per heavy atom. The normalized spacial score (nSPS) is 15.9. The van der Waals surface area contributed by atoms with Crippen LogP contribution in [0.5, 0.6) is 0 Å². The molecule has 0 aromatic carbocycles. The van der Waals surface area contributed by atoms with Crippen LogP contribution in [0, 0.1) is 5.41 Å². The van der Waals surface area contributed by atoms with Crippen LogP contribution in [-0.2, 0) is 0 Å². The predicted molar refractivity (Wildman–Crippen MR) is 66.2 cm³/mol. The Hall–Kier alpha value is 0.430. The molecular weight excluding hydrogens is 175 g/mol. The number of hydrogen-bond donors (Lipinski definition) is 0. The fourth-order valence-corrected chi connectivity index (χ4v) is 3.55. The second-order valence-electron chi connectivity index (χ2n) is 5.00. The number of hydrogen-bond acceptors (Lipinski definition) is 0. The molecule has 0 heterocycles.